The number of carbonyl (C=O) groups is 1. The fourth-order valence-corrected chi connectivity index (χ4v) is 3.38. The molecule has 1 saturated heterocycles. The van der Waals surface area contributed by atoms with Gasteiger partial charge < -0.3 is 9.47 Å². The molecule has 0 spiro atoms. The number of ketones is 1. The molecule has 7 heteroatoms. The lowest BCUT2D eigenvalue weighted by atomic mass is 9.81. The van der Waals surface area contributed by atoms with Gasteiger partial charge in [-0.2, -0.15) is 5.10 Å². The van der Waals surface area contributed by atoms with E-state index in [2.05, 4.69) is 32.9 Å². The molecule has 2 heterocycles. The van der Waals surface area contributed by atoms with Gasteiger partial charge in [-0.25, -0.2) is 9.67 Å². The lowest BCUT2D eigenvalue weighted by Crippen LogP contribution is -2.48. The third-order valence-electron chi connectivity index (χ3n) is 4.70. The second-order valence-electron chi connectivity index (χ2n) is 6.99. The van der Waals surface area contributed by atoms with Crippen molar-refractivity contribution in [3.8, 4) is 0 Å². The number of benzene rings is 1. The summed E-state index contributed by atoms with van der Waals surface area (Å²) in [5.74, 6) is 0.0564. The van der Waals surface area contributed by atoms with Crippen LogP contribution in [0.5, 0.6) is 0 Å². The van der Waals surface area contributed by atoms with Crippen molar-refractivity contribution in [2.45, 2.75) is 45.4 Å². The maximum Gasteiger partial charge on any atom is 0.168 e. The lowest BCUT2D eigenvalue weighted by molar-refractivity contribution is -0.226. The second-order valence-corrected chi connectivity index (χ2v) is 7.90. The zero-order valence-electron chi connectivity index (χ0n) is 15.1. The Labute approximate surface area is 162 Å². The molecule has 1 aromatic heterocycles. The molecule has 0 aliphatic carbocycles. The second kappa shape index (κ2) is 8.41. The molecule has 1 aliphatic rings. The number of halogens is 1. The molecule has 1 atom stereocenters. The van der Waals surface area contributed by atoms with Gasteiger partial charge in [-0.15, -0.1) is 0 Å². The first-order chi connectivity index (χ1) is 12.5. The Bertz CT molecular complexity index is 710. The fourth-order valence-electron chi connectivity index (χ4n) is 3.12. The molecule has 0 N–H and O–H groups in total. The molecule has 2 aromatic rings. The van der Waals surface area contributed by atoms with Crippen LogP contribution in [0.15, 0.2) is 41.4 Å². The average molecular weight is 422 g/mol. The Morgan fingerprint density at radius 2 is 2.04 bits per heavy atom. The van der Waals surface area contributed by atoms with E-state index < -0.39 is 11.5 Å². The van der Waals surface area contributed by atoms with Gasteiger partial charge in [0.1, 0.15) is 18.7 Å². The largest absolute Gasteiger partial charge is 0.352 e. The average Bonchev–Trinajstić information content (AvgIpc) is 3.17. The number of hydrogen-bond donors (Lipinski definition) is 0. The molecule has 1 aliphatic heterocycles. The predicted octanol–water partition coefficient (Wildman–Crippen LogP) is 3.57. The Balaban J connectivity index is 1.78. The van der Waals surface area contributed by atoms with Gasteiger partial charge in [0, 0.05) is 10.9 Å². The van der Waals surface area contributed by atoms with Crippen molar-refractivity contribution in [2.75, 3.05) is 13.2 Å². The van der Waals surface area contributed by atoms with E-state index in [1.54, 1.807) is 11.0 Å². The van der Waals surface area contributed by atoms with E-state index in [4.69, 9.17) is 9.47 Å². The lowest BCUT2D eigenvalue weighted by Gasteiger charge is -2.38. The molecular formula is C19H24BrN3O3. The molecule has 0 bridgehead atoms. The summed E-state index contributed by atoms with van der Waals surface area (Å²) < 4.78 is 14.2. The number of nitrogens with zero attached hydrogens (tertiary/aromatic N) is 3. The first-order valence-corrected chi connectivity index (χ1v) is 9.67. The number of hydrogen-bond acceptors (Lipinski definition) is 5. The highest BCUT2D eigenvalue weighted by Crippen LogP contribution is 2.32. The van der Waals surface area contributed by atoms with Crippen LogP contribution in [0, 0.1) is 5.41 Å². The summed E-state index contributed by atoms with van der Waals surface area (Å²) in [7, 11) is 0. The predicted molar refractivity (Wildman–Crippen MR) is 101 cm³/mol. The van der Waals surface area contributed by atoms with E-state index in [0.29, 0.717) is 19.6 Å². The van der Waals surface area contributed by atoms with Gasteiger partial charge in [-0.3, -0.25) is 4.79 Å². The first kappa shape index (κ1) is 19.2. The highest BCUT2D eigenvalue weighted by molar-refractivity contribution is 9.10. The van der Waals surface area contributed by atoms with Gasteiger partial charge >= 0.3 is 0 Å². The van der Waals surface area contributed by atoms with Gasteiger partial charge in [0.15, 0.2) is 12.1 Å². The fraction of sp³-hybridized carbons (Fsp3) is 0.526. The van der Waals surface area contributed by atoms with E-state index >= 15 is 0 Å². The summed E-state index contributed by atoms with van der Waals surface area (Å²) in [5.41, 5.74) is 0.364. The van der Waals surface area contributed by atoms with Gasteiger partial charge in [-0.05, 0) is 31.0 Å². The zero-order valence-corrected chi connectivity index (χ0v) is 16.7. The van der Waals surface area contributed by atoms with Crippen LogP contribution in [0.4, 0.5) is 0 Å². The van der Waals surface area contributed by atoms with Gasteiger partial charge in [0.05, 0.1) is 18.6 Å². The number of ether oxygens (including phenoxy) is 2. The van der Waals surface area contributed by atoms with Crippen molar-refractivity contribution in [3.63, 3.8) is 0 Å². The molecular weight excluding hydrogens is 398 g/mol. The van der Waals surface area contributed by atoms with Crippen LogP contribution in [0.3, 0.4) is 0 Å². The Hall–Kier alpha value is -1.57. The summed E-state index contributed by atoms with van der Waals surface area (Å²) in [5, 5.41) is 4.22. The molecule has 0 saturated carbocycles. The van der Waals surface area contributed by atoms with Crippen LogP contribution < -0.4 is 0 Å². The highest BCUT2D eigenvalue weighted by atomic mass is 79.9. The van der Waals surface area contributed by atoms with Crippen molar-refractivity contribution >= 4 is 21.7 Å². The van der Waals surface area contributed by atoms with Crippen LogP contribution in [-0.4, -0.2) is 40.1 Å². The van der Waals surface area contributed by atoms with Gasteiger partial charge in [0.2, 0.25) is 0 Å². The van der Waals surface area contributed by atoms with Crippen molar-refractivity contribution in [1.82, 2.24) is 14.8 Å². The zero-order chi connectivity index (χ0) is 18.6. The van der Waals surface area contributed by atoms with Crippen molar-refractivity contribution < 1.29 is 14.3 Å². The van der Waals surface area contributed by atoms with Crippen molar-refractivity contribution in [3.05, 3.63) is 47.0 Å². The molecule has 0 radical (unpaired) electrons. The van der Waals surface area contributed by atoms with Gasteiger partial charge in [-0.1, -0.05) is 41.4 Å². The van der Waals surface area contributed by atoms with Gasteiger partial charge in [0.25, 0.3) is 0 Å². The Kier molecular flexibility index (Phi) is 6.21. The molecule has 0 amide bonds. The normalized spacial score (nSPS) is 24.3. The summed E-state index contributed by atoms with van der Waals surface area (Å²) in [6.07, 6.45) is 5.21. The summed E-state index contributed by atoms with van der Waals surface area (Å²) >= 11 is 3.44. The quantitative estimate of drug-likeness (QED) is 0.683. The minimum Gasteiger partial charge on any atom is -0.352 e. The standard InChI is InChI=1S/C19H24BrN3O3/c1-3-4-17-25-10-19(2,11-26-17)18(24)16(23-13-21-12-22-23)9-14-5-7-15(20)8-6-14/h5-8,12-13,16-17H,3-4,9-11H2,1-2H3. The topological polar surface area (TPSA) is 66.2 Å². The molecule has 1 fully saturated rings. The maximum absolute atomic E-state index is 13.4. The number of Topliss-reactive ketones (excluding diaryl/α,β-unsaturated/α-hetero) is 1. The van der Waals surface area contributed by atoms with Crippen LogP contribution in [-0.2, 0) is 20.7 Å². The number of carbonyl (C=O) groups excluding carboxylic acids is 1. The van der Waals surface area contributed by atoms with Crippen LogP contribution in [0.25, 0.3) is 0 Å². The number of aromatic nitrogens is 3. The van der Waals surface area contributed by atoms with Crippen LogP contribution in [0.1, 0.15) is 38.3 Å². The molecule has 26 heavy (non-hydrogen) atoms. The van der Waals surface area contributed by atoms with Crippen molar-refractivity contribution in [1.29, 1.82) is 0 Å². The minimum atomic E-state index is -0.698. The third-order valence-corrected chi connectivity index (χ3v) is 5.22. The highest BCUT2D eigenvalue weighted by Gasteiger charge is 2.43. The van der Waals surface area contributed by atoms with Crippen LogP contribution >= 0.6 is 15.9 Å². The molecule has 140 valence electrons. The van der Waals surface area contributed by atoms with E-state index in [1.165, 1.54) is 6.33 Å². The maximum atomic E-state index is 13.4. The van der Waals surface area contributed by atoms with E-state index in [0.717, 1.165) is 22.9 Å². The summed E-state index contributed by atoms with van der Waals surface area (Å²) in [6, 6.07) is 7.52. The smallest absolute Gasteiger partial charge is 0.168 e. The third kappa shape index (κ3) is 4.39. The minimum absolute atomic E-state index is 0.0564. The van der Waals surface area contributed by atoms with Crippen LogP contribution in [0.2, 0.25) is 0 Å². The van der Waals surface area contributed by atoms with E-state index in [1.807, 2.05) is 31.2 Å². The van der Waals surface area contributed by atoms with E-state index in [-0.39, 0.29) is 12.1 Å². The molecule has 6 nitrogen and oxygen atoms in total. The number of rotatable bonds is 7. The Morgan fingerprint density at radius 1 is 1.35 bits per heavy atom. The SMILES string of the molecule is CCCC1OCC(C)(C(=O)C(Cc2ccc(Br)cc2)n2cncn2)CO1. The molecule has 3 rings (SSSR count). The first-order valence-electron chi connectivity index (χ1n) is 8.88. The summed E-state index contributed by atoms with van der Waals surface area (Å²) in [6.45, 7) is 4.72. The van der Waals surface area contributed by atoms with E-state index in [9.17, 15) is 4.79 Å². The van der Waals surface area contributed by atoms with Crippen molar-refractivity contribution in [2.24, 2.45) is 5.41 Å². The molecule has 1 unspecified atom stereocenters. The molecule has 1 aromatic carbocycles. The summed E-state index contributed by atoms with van der Waals surface area (Å²) in [4.78, 5) is 17.4. The Morgan fingerprint density at radius 3 is 2.62 bits per heavy atom. The monoisotopic (exact) mass is 421 g/mol.